The molecule has 0 aromatic carbocycles. The van der Waals surface area contributed by atoms with Crippen molar-refractivity contribution in [1.82, 2.24) is 9.80 Å². The van der Waals surface area contributed by atoms with E-state index in [-0.39, 0.29) is 24.1 Å². The zero-order valence-corrected chi connectivity index (χ0v) is 39.8. The lowest BCUT2D eigenvalue weighted by Gasteiger charge is -2.29. The molecule has 0 radical (unpaired) electrons. The fourth-order valence-electron chi connectivity index (χ4n) is 8.80. The summed E-state index contributed by atoms with van der Waals surface area (Å²) in [6, 6.07) is 0. The van der Waals surface area contributed by atoms with Gasteiger partial charge in [0.25, 0.3) is 0 Å². The summed E-state index contributed by atoms with van der Waals surface area (Å²) in [4.78, 5) is 31.1. The molecule has 344 valence electrons. The lowest BCUT2D eigenvalue weighted by Crippen LogP contribution is -2.33. The molecule has 0 bridgehead atoms. The monoisotopic (exact) mass is 819 g/mol. The fourth-order valence-corrected chi connectivity index (χ4v) is 8.80. The molecule has 6 heteroatoms. The highest BCUT2D eigenvalue weighted by Gasteiger charge is 2.26. The largest absolute Gasteiger partial charge is 0.462 e. The van der Waals surface area contributed by atoms with Crippen molar-refractivity contribution in [3.05, 3.63) is 0 Å². The van der Waals surface area contributed by atoms with Crippen LogP contribution in [-0.2, 0) is 19.1 Å². The fraction of sp³-hybridized carbons (Fsp3) is 0.962. The summed E-state index contributed by atoms with van der Waals surface area (Å²) >= 11 is 0. The van der Waals surface area contributed by atoms with Crippen LogP contribution in [0.2, 0.25) is 0 Å². The smallest absolute Gasteiger partial charge is 0.307 e. The number of nitrogens with zero attached hydrogens (tertiary/aromatic N) is 2. The zero-order chi connectivity index (χ0) is 42.0. The number of carbonyl (C=O) groups excluding carboxylic acids is 2. The molecule has 1 aliphatic rings. The van der Waals surface area contributed by atoms with Crippen LogP contribution < -0.4 is 0 Å². The number of ether oxygens (including phenoxy) is 2. The van der Waals surface area contributed by atoms with Crippen molar-refractivity contribution in [3.8, 4) is 0 Å². The number of carbonyl (C=O) groups is 2. The van der Waals surface area contributed by atoms with Gasteiger partial charge in [0, 0.05) is 13.1 Å². The molecule has 0 amide bonds. The van der Waals surface area contributed by atoms with Crippen molar-refractivity contribution < 1.29 is 19.1 Å². The van der Waals surface area contributed by atoms with E-state index in [2.05, 4.69) is 37.5 Å². The SMILES string of the molecule is CCCCCCCCCCN(CCCCCCCCCC)CCC(=O)OC1CCC(OC(=O)CCN(CCCCCCCCCC)CCCCCCCCCC)CC1. The Balaban J connectivity index is 2.40. The predicted octanol–water partition coefficient (Wildman–Crippen LogP) is 15.3. The number of esters is 2. The lowest BCUT2D eigenvalue weighted by atomic mass is 9.95. The third-order valence-corrected chi connectivity index (χ3v) is 12.8. The molecule has 58 heavy (non-hydrogen) atoms. The van der Waals surface area contributed by atoms with Gasteiger partial charge in [-0.05, 0) is 77.5 Å². The van der Waals surface area contributed by atoms with E-state index in [9.17, 15) is 9.59 Å². The van der Waals surface area contributed by atoms with Crippen molar-refractivity contribution in [2.75, 3.05) is 39.3 Å². The lowest BCUT2D eigenvalue weighted by molar-refractivity contribution is -0.158. The van der Waals surface area contributed by atoms with Crippen LogP contribution >= 0.6 is 0 Å². The van der Waals surface area contributed by atoms with E-state index in [1.54, 1.807) is 0 Å². The Hall–Kier alpha value is -1.14. The van der Waals surface area contributed by atoms with Gasteiger partial charge in [-0.15, -0.1) is 0 Å². The molecule has 6 nitrogen and oxygen atoms in total. The van der Waals surface area contributed by atoms with Crippen LogP contribution in [0.5, 0.6) is 0 Å². The van der Waals surface area contributed by atoms with Gasteiger partial charge in [-0.25, -0.2) is 0 Å². The van der Waals surface area contributed by atoms with Gasteiger partial charge in [-0.2, -0.15) is 0 Å². The highest BCUT2D eigenvalue weighted by Crippen LogP contribution is 2.25. The van der Waals surface area contributed by atoms with Crippen LogP contribution in [0.4, 0.5) is 0 Å². The van der Waals surface area contributed by atoms with Gasteiger partial charge in [0.2, 0.25) is 0 Å². The van der Waals surface area contributed by atoms with Gasteiger partial charge >= 0.3 is 11.9 Å². The molecule has 1 fully saturated rings. The molecule has 0 N–H and O–H groups in total. The summed E-state index contributed by atoms with van der Waals surface area (Å²) in [5.74, 6) is -0.101. The van der Waals surface area contributed by atoms with Crippen LogP contribution in [0.3, 0.4) is 0 Å². The Labute approximate surface area is 362 Å². The Morgan fingerprint density at radius 3 is 0.759 bits per heavy atom. The van der Waals surface area contributed by atoms with Gasteiger partial charge in [0.05, 0.1) is 12.8 Å². The minimum Gasteiger partial charge on any atom is -0.462 e. The van der Waals surface area contributed by atoms with Crippen LogP contribution in [0.25, 0.3) is 0 Å². The third kappa shape index (κ3) is 35.6. The Morgan fingerprint density at radius 2 is 0.534 bits per heavy atom. The summed E-state index contributed by atoms with van der Waals surface area (Å²) in [6.07, 6.45) is 46.8. The van der Waals surface area contributed by atoms with Crippen LogP contribution in [0.1, 0.15) is 272 Å². The average Bonchev–Trinajstić information content (AvgIpc) is 3.22. The zero-order valence-electron chi connectivity index (χ0n) is 39.8. The van der Waals surface area contributed by atoms with Crippen molar-refractivity contribution in [3.63, 3.8) is 0 Å². The first kappa shape index (κ1) is 54.9. The Kier molecular flexibility index (Phi) is 40.3. The molecule has 0 spiro atoms. The average molecular weight is 819 g/mol. The summed E-state index contributed by atoms with van der Waals surface area (Å²) in [5.41, 5.74) is 0. The topological polar surface area (TPSA) is 59.1 Å². The van der Waals surface area contributed by atoms with Crippen LogP contribution in [0.15, 0.2) is 0 Å². The first-order valence-corrected chi connectivity index (χ1v) is 26.4. The molecule has 0 atom stereocenters. The second kappa shape index (κ2) is 42.5. The van der Waals surface area contributed by atoms with E-state index >= 15 is 0 Å². The normalized spacial score (nSPS) is 15.8. The molecule has 0 aromatic rings. The molecule has 1 rings (SSSR count). The van der Waals surface area contributed by atoms with Crippen molar-refractivity contribution in [1.29, 1.82) is 0 Å². The van der Waals surface area contributed by atoms with Crippen LogP contribution in [0, 0.1) is 0 Å². The van der Waals surface area contributed by atoms with E-state index < -0.39 is 0 Å². The van der Waals surface area contributed by atoms with E-state index in [0.717, 1.165) is 65.0 Å². The van der Waals surface area contributed by atoms with E-state index in [1.165, 1.54) is 205 Å². The summed E-state index contributed by atoms with van der Waals surface area (Å²) in [7, 11) is 0. The van der Waals surface area contributed by atoms with Gasteiger partial charge in [0.15, 0.2) is 0 Å². The molecular formula is C52H102N2O4. The summed E-state index contributed by atoms with van der Waals surface area (Å²) in [6.45, 7) is 15.2. The second-order valence-corrected chi connectivity index (χ2v) is 18.5. The van der Waals surface area contributed by atoms with Crippen molar-refractivity contribution >= 4 is 11.9 Å². The third-order valence-electron chi connectivity index (χ3n) is 12.8. The minimum absolute atomic E-state index is 0.0369. The second-order valence-electron chi connectivity index (χ2n) is 18.5. The minimum atomic E-state index is -0.0506. The van der Waals surface area contributed by atoms with Gasteiger partial charge < -0.3 is 19.3 Å². The maximum Gasteiger partial charge on any atom is 0.307 e. The number of hydrogen-bond donors (Lipinski definition) is 0. The number of rotatable bonds is 44. The quantitative estimate of drug-likeness (QED) is 0.0451. The Morgan fingerprint density at radius 1 is 0.328 bits per heavy atom. The Bertz CT molecular complexity index is 765. The van der Waals surface area contributed by atoms with E-state index in [4.69, 9.17) is 9.47 Å². The highest BCUT2D eigenvalue weighted by atomic mass is 16.6. The molecule has 0 aliphatic heterocycles. The van der Waals surface area contributed by atoms with Crippen molar-refractivity contribution in [2.24, 2.45) is 0 Å². The molecule has 1 saturated carbocycles. The van der Waals surface area contributed by atoms with Gasteiger partial charge in [-0.1, -0.05) is 207 Å². The number of unbranched alkanes of at least 4 members (excludes halogenated alkanes) is 28. The standard InChI is InChI=1S/C52H102N2O4/c1-5-9-13-17-21-25-29-33-43-53(44-34-30-26-22-18-14-10-6-2)47-41-51(55)57-49-37-39-50(40-38-49)58-52(56)42-48-54(45-35-31-27-23-19-15-11-7-3)46-36-32-28-24-20-16-12-8-4/h49-50H,5-48H2,1-4H3. The molecule has 1 aliphatic carbocycles. The highest BCUT2D eigenvalue weighted by molar-refractivity contribution is 5.70. The van der Waals surface area contributed by atoms with Crippen LogP contribution in [-0.4, -0.2) is 73.2 Å². The molecule has 0 heterocycles. The van der Waals surface area contributed by atoms with E-state index in [0.29, 0.717) is 12.8 Å². The van der Waals surface area contributed by atoms with Gasteiger partial charge in [-0.3, -0.25) is 9.59 Å². The van der Waals surface area contributed by atoms with Crippen molar-refractivity contribution in [2.45, 2.75) is 284 Å². The first-order valence-electron chi connectivity index (χ1n) is 26.4. The maximum absolute atomic E-state index is 13.0. The molecular weight excluding hydrogens is 717 g/mol. The predicted molar refractivity (Wildman–Crippen MR) is 251 cm³/mol. The molecule has 0 unspecified atom stereocenters. The molecule has 0 saturated heterocycles. The first-order chi connectivity index (χ1) is 28.5. The number of hydrogen-bond acceptors (Lipinski definition) is 6. The summed E-state index contributed by atoms with van der Waals surface area (Å²) in [5, 5.41) is 0. The summed E-state index contributed by atoms with van der Waals surface area (Å²) < 4.78 is 12.0. The maximum atomic E-state index is 13.0. The van der Waals surface area contributed by atoms with E-state index in [1.807, 2.05) is 0 Å². The molecule has 0 aromatic heterocycles. The van der Waals surface area contributed by atoms with Gasteiger partial charge in [0.1, 0.15) is 12.2 Å².